The van der Waals surface area contributed by atoms with Gasteiger partial charge in [-0.1, -0.05) is 0 Å². The van der Waals surface area contributed by atoms with Gasteiger partial charge in [0, 0.05) is 0 Å². The van der Waals surface area contributed by atoms with Gasteiger partial charge in [-0.25, -0.2) is 0 Å². The molecule has 0 spiro atoms. The maximum atomic E-state index is 7.38. The average Bonchev–Trinajstić information content (AvgIpc) is 0.722. The first kappa shape index (κ1) is 15.9. The molecule has 0 unspecified atom stereocenters. The summed E-state index contributed by atoms with van der Waals surface area (Å²) in [6, 6.07) is 0. The van der Waals surface area contributed by atoms with Crippen LogP contribution < -0.4 is 0 Å². The third kappa shape index (κ3) is 78.4. The summed E-state index contributed by atoms with van der Waals surface area (Å²) >= 11 is -5.00. The van der Waals surface area contributed by atoms with Gasteiger partial charge in [0.1, 0.15) is 0 Å². The summed E-state index contributed by atoms with van der Waals surface area (Å²) in [6.07, 6.45) is 0. The molecule has 7 heteroatoms. The van der Waals surface area contributed by atoms with Gasteiger partial charge in [0.05, 0.1) is 0 Å². The Bertz CT molecular complexity index is 27.2. The van der Waals surface area contributed by atoms with E-state index in [-0.39, 0.29) is 40.4 Å². The van der Waals surface area contributed by atoms with E-state index in [0.29, 0.717) is 0 Å². The van der Waals surface area contributed by atoms with Crippen molar-refractivity contribution in [2.24, 2.45) is 0 Å². The van der Waals surface area contributed by atoms with Gasteiger partial charge in [-0.05, 0) is 0 Å². The molecular formula is H9AlMgO4Ti. The van der Waals surface area contributed by atoms with Crippen LogP contribution in [-0.4, -0.2) is 55.2 Å². The molecule has 0 fully saturated rings. The molecule has 0 aliphatic carbocycles. The molecule has 0 bridgehead atoms. The van der Waals surface area contributed by atoms with E-state index >= 15 is 0 Å². The van der Waals surface area contributed by atoms with Crippen LogP contribution in [0.5, 0.6) is 0 Å². The van der Waals surface area contributed by atoms with Gasteiger partial charge >= 0.3 is 55.9 Å². The Balaban J connectivity index is -0.0000000800. The molecule has 0 rings (SSSR count). The van der Waals surface area contributed by atoms with E-state index in [0.717, 1.165) is 0 Å². The fraction of sp³-hybridized carbons (Fsp3) is 0. The topological polar surface area (TPSA) is 80.9 Å². The molecule has 0 saturated heterocycles. The summed E-state index contributed by atoms with van der Waals surface area (Å²) in [6.45, 7) is 0. The Hall–Kier alpha value is 1.85. The molecule has 0 heterocycles. The number of hydrogen-bond acceptors (Lipinski definition) is 4. The Kier molecular flexibility index (Phi) is 13.6. The molecule has 4 N–H and O–H groups in total. The van der Waals surface area contributed by atoms with Crippen LogP contribution in [0.15, 0.2) is 0 Å². The molecule has 0 atom stereocenters. The quantitative estimate of drug-likeness (QED) is 0.279. The Labute approximate surface area is 72.7 Å². The van der Waals surface area contributed by atoms with Crippen molar-refractivity contribution in [3.05, 3.63) is 0 Å². The normalized spacial score (nSPS) is 8.57. The third-order valence-electron chi connectivity index (χ3n) is 0. The Morgan fingerprint density at radius 2 is 0.857 bits per heavy atom. The van der Waals surface area contributed by atoms with Crippen LogP contribution in [0.4, 0.5) is 0 Å². The van der Waals surface area contributed by atoms with Gasteiger partial charge in [0.25, 0.3) is 0 Å². The first-order valence-electron chi connectivity index (χ1n) is 0.894. The van der Waals surface area contributed by atoms with Gasteiger partial charge in [0.15, 0.2) is 17.4 Å². The minimum atomic E-state index is -5.00. The number of hydrogen-bond donors (Lipinski definition) is 4. The summed E-state index contributed by atoms with van der Waals surface area (Å²) < 4.78 is 29.5. The van der Waals surface area contributed by atoms with Crippen LogP contribution >= 0.6 is 0 Å². The van der Waals surface area contributed by atoms with Gasteiger partial charge in [0.2, 0.25) is 0 Å². The van der Waals surface area contributed by atoms with Crippen molar-refractivity contribution in [3.63, 3.8) is 0 Å². The molecule has 4 nitrogen and oxygen atoms in total. The SMILES string of the molecule is [AlH3].[MgH2].[OH][Ti]([OH])([OH])[OH]. The maximum absolute atomic E-state index is 7.38. The molecule has 0 radical (unpaired) electrons. The second-order valence-corrected chi connectivity index (χ2v) is 2.47. The Morgan fingerprint density at radius 3 is 0.857 bits per heavy atom. The summed E-state index contributed by atoms with van der Waals surface area (Å²) in [5, 5.41) is 0. The summed E-state index contributed by atoms with van der Waals surface area (Å²) in [7, 11) is 0. The number of rotatable bonds is 0. The van der Waals surface area contributed by atoms with Crippen LogP contribution in [0, 0.1) is 0 Å². The Morgan fingerprint density at radius 1 is 0.857 bits per heavy atom. The van der Waals surface area contributed by atoms with Crippen molar-refractivity contribution >= 4 is 40.4 Å². The summed E-state index contributed by atoms with van der Waals surface area (Å²) in [5.74, 6) is 0. The molecule has 0 saturated carbocycles. The van der Waals surface area contributed by atoms with E-state index in [9.17, 15) is 0 Å². The first-order valence-corrected chi connectivity index (χ1v) is 3.69. The molecule has 7 heavy (non-hydrogen) atoms. The fourth-order valence-electron chi connectivity index (χ4n) is 0. The van der Waals surface area contributed by atoms with Crippen LogP contribution in [-0.2, 0) is 18.1 Å². The van der Waals surface area contributed by atoms with Crippen molar-refractivity contribution in [2.45, 2.75) is 0 Å². The molecular weight excluding hydrogens is 163 g/mol. The summed E-state index contributed by atoms with van der Waals surface area (Å²) in [5.41, 5.74) is 0. The second kappa shape index (κ2) is 5.98. The molecule has 42 valence electrons. The zero-order valence-electron chi connectivity index (χ0n) is 2.29. The van der Waals surface area contributed by atoms with Crippen molar-refractivity contribution in [1.29, 1.82) is 0 Å². The van der Waals surface area contributed by atoms with Crippen molar-refractivity contribution < 1.29 is 32.9 Å². The first-order chi connectivity index (χ1) is 2.00. The van der Waals surface area contributed by atoms with Gasteiger partial charge in [-0.15, -0.1) is 0 Å². The van der Waals surface area contributed by atoms with Crippen molar-refractivity contribution in [3.8, 4) is 0 Å². The van der Waals surface area contributed by atoms with Crippen LogP contribution in [0.25, 0.3) is 0 Å². The minimum absolute atomic E-state index is 0. The van der Waals surface area contributed by atoms with E-state index in [4.69, 9.17) is 14.8 Å². The third-order valence-corrected chi connectivity index (χ3v) is 0. The monoisotopic (exact) mass is 172 g/mol. The zero-order chi connectivity index (χ0) is 4.50. The molecule has 0 aromatic carbocycles. The van der Waals surface area contributed by atoms with E-state index < -0.39 is 18.1 Å². The van der Waals surface area contributed by atoms with Gasteiger partial charge in [-0.2, -0.15) is 0 Å². The predicted octanol–water partition coefficient (Wildman–Crippen LogP) is -4.33. The fourth-order valence-corrected chi connectivity index (χ4v) is 0. The molecule has 0 aromatic heterocycles. The van der Waals surface area contributed by atoms with Gasteiger partial charge < -0.3 is 0 Å². The van der Waals surface area contributed by atoms with E-state index in [1.165, 1.54) is 0 Å². The summed E-state index contributed by atoms with van der Waals surface area (Å²) in [4.78, 5) is 0. The molecule has 0 aromatic rings. The van der Waals surface area contributed by atoms with Crippen molar-refractivity contribution in [1.82, 2.24) is 0 Å². The van der Waals surface area contributed by atoms with E-state index in [1.807, 2.05) is 0 Å². The van der Waals surface area contributed by atoms with Crippen molar-refractivity contribution in [2.75, 3.05) is 0 Å². The molecule has 0 amide bonds. The van der Waals surface area contributed by atoms with Crippen LogP contribution in [0.3, 0.4) is 0 Å². The predicted molar refractivity (Wildman–Crippen MR) is 27.4 cm³/mol. The van der Waals surface area contributed by atoms with E-state index in [2.05, 4.69) is 0 Å². The van der Waals surface area contributed by atoms with Gasteiger partial charge in [-0.3, -0.25) is 0 Å². The standard InChI is InChI=1S/Al.Mg.4H2O.Ti.5H/h;;4*1H2;;;;;;/q;;;;;;+4;;;;;/p-4. The van der Waals surface area contributed by atoms with Crippen LogP contribution in [0.1, 0.15) is 0 Å². The zero-order valence-corrected chi connectivity index (χ0v) is 3.85. The molecule has 0 aliphatic rings. The van der Waals surface area contributed by atoms with Crippen LogP contribution in [0.2, 0.25) is 0 Å². The second-order valence-electron chi connectivity index (χ2n) is 0.600. The molecule has 0 aliphatic heterocycles. The average molecular weight is 172 g/mol. The van der Waals surface area contributed by atoms with E-state index in [1.54, 1.807) is 0 Å².